The molecule has 0 saturated carbocycles. The number of rotatable bonds is 25. The number of aromatic nitrogens is 2. The number of thiol groups is 1. The number of pyridine rings is 2. The molecule has 0 bridgehead atoms. The molecule has 310 valence electrons. The number of carbonyl (C=O) groups excluding carboxylic acids is 4. The Kier molecular flexibility index (Phi) is 17.2. The number of carbonyl (C=O) groups is 4. The van der Waals surface area contributed by atoms with Gasteiger partial charge in [0.05, 0.1) is 68.7 Å². The molecule has 0 aliphatic carbocycles. The van der Waals surface area contributed by atoms with Crippen LogP contribution in [-0.2, 0) is 83.7 Å². The maximum Gasteiger partial charge on any atom is 0.355 e. The van der Waals surface area contributed by atoms with Crippen molar-refractivity contribution in [2.75, 3.05) is 58.6 Å². The van der Waals surface area contributed by atoms with E-state index >= 15 is 0 Å². The molecule has 0 N–H and O–H groups in total. The summed E-state index contributed by atoms with van der Waals surface area (Å²) >= 11 is 7.87. The van der Waals surface area contributed by atoms with Crippen LogP contribution in [0.3, 0.4) is 0 Å². The summed E-state index contributed by atoms with van der Waals surface area (Å²) < 4.78 is 39.5. The summed E-state index contributed by atoms with van der Waals surface area (Å²) in [5.74, 6) is -1.35. The first-order chi connectivity index (χ1) is 27.7. The summed E-state index contributed by atoms with van der Waals surface area (Å²) in [6.07, 6.45) is 4.14. The molecule has 0 fully saturated rings. The van der Waals surface area contributed by atoms with E-state index in [2.05, 4.69) is 25.3 Å². The number of nitrogens with zero attached hydrogens (tertiary/aromatic N) is 2. The average molecular weight is 830 g/mol. The number of cyclic esters (lactones) is 1. The van der Waals surface area contributed by atoms with E-state index in [4.69, 9.17) is 38.1 Å². The maximum absolute atomic E-state index is 13.7. The lowest BCUT2D eigenvalue weighted by Crippen LogP contribution is -2.47. The van der Waals surface area contributed by atoms with Crippen LogP contribution in [0.5, 0.6) is 0 Å². The minimum atomic E-state index is -1.81. The second-order valence-electron chi connectivity index (χ2n) is 13.8. The standard InChI is InChI=1S/C41H52N2O12S2/c1-2-41(32-25-34-38-29(24-28-8-3-5-10-33(28)42-38)26-43(34)39(47)31(32)27-54-40(41)48)55-37(46)13-7-12-36(45)53-22-20-51-18-16-49-15-17-50-19-21-52-35(44)11-6-4-9-30(57)14-23-56/h3,5,8,10,24-25,30,56-57H,2,4,6-7,9,11-23,26-27H2,1H3/p+1. The van der Waals surface area contributed by atoms with E-state index in [1.165, 1.54) is 0 Å². The van der Waals surface area contributed by atoms with Gasteiger partial charge in [0.1, 0.15) is 25.1 Å². The first-order valence-electron chi connectivity index (χ1n) is 19.6. The first-order valence-corrected chi connectivity index (χ1v) is 20.8. The summed E-state index contributed by atoms with van der Waals surface area (Å²) in [6.45, 7) is 3.82. The first kappa shape index (κ1) is 44.1. The Balaban J connectivity index is 0.938. The second-order valence-corrected chi connectivity index (χ2v) is 15.1. The van der Waals surface area contributed by atoms with Crippen LogP contribution in [0.1, 0.15) is 81.4 Å². The van der Waals surface area contributed by atoms with E-state index < -0.39 is 23.5 Å². The van der Waals surface area contributed by atoms with Gasteiger partial charge in [-0.1, -0.05) is 25.1 Å². The fourth-order valence-electron chi connectivity index (χ4n) is 6.78. The van der Waals surface area contributed by atoms with Crippen LogP contribution in [0.4, 0.5) is 0 Å². The van der Waals surface area contributed by atoms with Crippen LogP contribution in [0.25, 0.3) is 22.3 Å². The molecule has 3 aromatic rings. The van der Waals surface area contributed by atoms with E-state index in [0.29, 0.717) is 68.2 Å². The van der Waals surface area contributed by atoms with E-state index in [9.17, 15) is 24.0 Å². The highest BCUT2D eigenvalue weighted by molar-refractivity contribution is 7.80. The molecule has 57 heavy (non-hydrogen) atoms. The lowest BCUT2D eigenvalue weighted by Gasteiger charge is -2.35. The highest BCUT2D eigenvalue weighted by Crippen LogP contribution is 2.41. The number of unbranched alkanes of at least 4 members (excludes halogenated alkanes) is 1. The van der Waals surface area contributed by atoms with Crippen LogP contribution in [0, 0.1) is 0 Å². The summed E-state index contributed by atoms with van der Waals surface area (Å²) in [5.41, 5.74) is 1.26. The lowest BCUT2D eigenvalue weighted by atomic mass is 9.85. The molecule has 1 aromatic carbocycles. The molecule has 2 atom stereocenters. The number of fused-ring (bicyclic) bond motifs is 5. The van der Waals surface area contributed by atoms with Gasteiger partial charge in [-0.25, -0.2) is 9.78 Å². The SMILES string of the molecule is CCC1(OC(=O)CCCC(=O)OCCOCCOCCOCCOC(=O)CCCCC([SH2+])CCS)C(=O)OCc2c1cc1n(c2=O)Cc2cc3ccccc3nc2-1. The minimum Gasteiger partial charge on any atom is -0.463 e. The summed E-state index contributed by atoms with van der Waals surface area (Å²) in [4.78, 5) is 69.0. The van der Waals surface area contributed by atoms with Gasteiger partial charge in [-0.15, -0.1) is 0 Å². The third-order valence-corrected chi connectivity index (χ3v) is 10.7. The Bertz CT molecular complexity index is 1920. The van der Waals surface area contributed by atoms with Crippen LogP contribution in [0.15, 0.2) is 41.2 Å². The van der Waals surface area contributed by atoms with Crippen molar-refractivity contribution in [3.63, 3.8) is 0 Å². The van der Waals surface area contributed by atoms with E-state index in [-0.39, 0.29) is 69.2 Å². The molecule has 2 aliphatic heterocycles. The molecule has 2 aromatic heterocycles. The van der Waals surface area contributed by atoms with Crippen molar-refractivity contribution in [2.24, 2.45) is 0 Å². The van der Waals surface area contributed by atoms with Crippen molar-refractivity contribution >= 4 is 60.0 Å². The molecule has 5 rings (SSSR count). The van der Waals surface area contributed by atoms with Crippen LogP contribution >= 0.6 is 12.6 Å². The molecule has 4 heterocycles. The fraction of sp³-hybridized carbons (Fsp3) is 0.561. The Hall–Kier alpha value is -3.96. The summed E-state index contributed by atoms with van der Waals surface area (Å²) in [6, 6.07) is 11.4. The molecule has 0 saturated heterocycles. The van der Waals surface area contributed by atoms with E-state index in [0.717, 1.165) is 47.9 Å². The molecule has 2 aliphatic rings. The van der Waals surface area contributed by atoms with Crippen LogP contribution < -0.4 is 5.56 Å². The predicted molar refractivity (Wildman–Crippen MR) is 218 cm³/mol. The Morgan fingerprint density at radius 2 is 1.49 bits per heavy atom. The molecule has 2 unspecified atom stereocenters. The van der Waals surface area contributed by atoms with Crippen molar-refractivity contribution in [3.8, 4) is 11.4 Å². The number of hydrogen-bond donors (Lipinski definition) is 1. The quantitative estimate of drug-likeness (QED) is 0.0332. The van der Waals surface area contributed by atoms with Crippen molar-refractivity contribution in [3.05, 3.63) is 63.4 Å². The van der Waals surface area contributed by atoms with Crippen molar-refractivity contribution in [2.45, 2.75) is 88.7 Å². The zero-order valence-electron chi connectivity index (χ0n) is 32.4. The fourth-order valence-corrected chi connectivity index (χ4v) is 7.68. The second kappa shape index (κ2) is 22.3. The summed E-state index contributed by atoms with van der Waals surface area (Å²) in [7, 11) is 0. The van der Waals surface area contributed by atoms with Crippen molar-refractivity contribution in [1.82, 2.24) is 9.55 Å². The van der Waals surface area contributed by atoms with Gasteiger partial charge in [0.2, 0.25) is 5.60 Å². The smallest absolute Gasteiger partial charge is 0.355 e. The number of para-hydroxylation sites is 1. The van der Waals surface area contributed by atoms with Crippen LogP contribution in [-0.4, -0.2) is 97.3 Å². The van der Waals surface area contributed by atoms with Gasteiger partial charge >= 0.3 is 23.9 Å². The average Bonchev–Trinajstić information content (AvgIpc) is 3.56. The molecular weight excluding hydrogens is 777 g/mol. The number of benzene rings is 1. The zero-order chi connectivity index (χ0) is 40.6. The van der Waals surface area contributed by atoms with Gasteiger partial charge < -0.3 is 37.7 Å². The van der Waals surface area contributed by atoms with E-state index in [1.807, 2.05) is 30.3 Å². The zero-order valence-corrected chi connectivity index (χ0v) is 34.3. The lowest BCUT2D eigenvalue weighted by molar-refractivity contribution is -0.189. The number of ether oxygens (including phenoxy) is 7. The molecule has 14 nitrogen and oxygen atoms in total. The maximum atomic E-state index is 13.7. The van der Waals surface area contributed by atoms with Gasteiger partial charge in [0.25, 0.3) is 5.56 Å². The summed E-state index contributed by atoms with van der Waals surface area (Å²) in [5, 5.41) is 1.39. The molecule has 16 heteroatoms. The highest BCUT2D eigenvalue weighted by Gasteiger charge is 2.50. The predicted octanol–water partition coefficient (Wildman–Crippen LogP) is 4.20. The van der Waals surface area contributed by atoms with Crippen molar-refractivity contribution < 1.29 is 52.3 Å². The molecule has 0 radical (unpaired) electrons. The van der Waals surface area contributed by atoms with Gasteiger partial charge in [-0.05, 0) is 68.7 Å². The normalized spacial score (nSPS) is 16.0. The van der Waals surface area contributed by atoms with Crippen LogP contribution in [0.2, 0.25) is 0 Å². The third-order valence-electron chi connectivity index (χ3n) is 9.82. The highest BCUT2D eigenvalue weighted by atomic mass is 32.1. The Labute approximate surface area is 343 Å². The Morgan fingerprint density at radius 1 is 0.860 bits per heavy atom. The Morgan fingerprint density at radius 3 is 2.16 bits per heavy atom. The van der Waals surface area contributed by atoms with Gasteiger partial charge in [0.15, 0.2) is 0 Å². The molecule has 0 amide bonds. The van der Waals surface area contributed by atoms with Gasteiger partial charge in [0, 0.05) is 42.2 Å². The van der Waals surface area contributed by atoms with Gasteiger partial charge in [-0.3, -0.25) is 19.2 Å². The molecular formula is C41H53N2O12S2+. The largest absolute Gasteiger partial charge is 0.463 e. The van der Waals surface area contributed by atoms with E-state index in [1.54, 1.807) is 17.6 Å². The minimum absolute atomic E-state index is 0.0351. The third kappa shape index (κ3) is 12.0. The number of hydrogen-bond acceptors (Lipinski definition) is 14. The van der Waals surface area contributed by atoms with Crippen molar-refractivity contribution in [1.29, 1.82) is 0 Å². The van der Waals surface area contributed by atoms with Gasteiger partial charge in [-0.2, -0.15) is 12.6 Å². The molecule has 0 spiro atoms. The topological polar surface area (TPSA) is 168 Å². The monoisotopic (exact) mass is 829 g/mol. The number of esters is 4.